The number of hydrogen-bond donors (Lipinski definition) is 8. The summed E-state index contributed by atoms with van der Waals surface area (Å²) in [5, 5.41) is 61.6. The molecule has 0 fully saturated rings. The molecule has 0 heterocycles. The van der Waals surface area contributed by atoms with Crippen molar-refractivity contribution in [3.63, 3.8) is 0 Å². The summed E-state index contributed by atoms with van der Waals surface area (Å²) < 4.78 is 0.667. The van der Waals surface area contributed by atoms with Crippen molar-refractivity contribution in [1.29, 1.82) is 0 Å². The molecule has 0 aromatic carbocycles. The number of aliphatic hydroxyl groups excluding tert-OH is 2. The molecule has 348 valence electrons. The molecule has 0 spiro atoms. The Kier molecular flexibility index (Phi) is 53.1. The van der Waals surface area contributed by atoms with Gasteiger partial charge in [0.25, 0.3) is 0 Å². The van der Waals surface area contributed by atoms with E-state index in [1.807, 2.05) is 0 Å². The molecule has 0 unspecified atom stereocenters. The number of carboxylic acids is 4. The van der Waals surface area contributed by atoms with Gasteiger partial charge >= 0.3 is 83.0 Å². The fourth-order valence-corrected chi connectivity index (χ4v) is 7.45. The van der Waals surface area contributed by atoms with Crippen molar-refractivity contribution in [3.05, 3.63) is 0 Å². The molecule has 8 N–H and O–H groups in total. The minimum atomic E-state index is -0.890. The van der Waals surface area contributed by atoms with Crippen LogP contribution in [0.1, 0.15) is 168 Å². The van der Waals surface area contributed by atoms with E-state index in [1.165, 1.54) is 116 Å². The first-order valence-electron chi connectivity index (χ1n) is 23.1. The number of aliphatic carboxylic acids is 4. The molecule has 0 bridgehead atoms. The van der Waals surface area contributed by atoms with Gasteiger partial charge in [-0.15, -0.1) is 0 Å². The van der Waals surface area contributed by atoms with Crippen LogP contribution in [-0.2, 0) is 19.2 Å². The van der Waals surface area contributed by atoms with Gasteiger partial charge in [-0.2, -0.15) is 0 Å². The van der Waals surface area contributed by atoms with Crippen molar-refractivity contribution >= 4 is 83.0 Å². The molecule has 0 rings (SSSR count). The van der Waals surface area contributed by atoms with E-state index in [0.717, 1.165) is 25.9 Å². The Bertz CT molecular complexity index is 889. The van der Waals surface area contributed by atoms with Gasteiger partial charge in [-0.05, 0) is 25.9 Å². The number of carboxylic acid groups (broad SMARTS) is 4. The van der Waals surface area contributed by atoms with Crippen molar-refractivity contribution in [1.82, 2.24) is 10.6 Å². The Balaban J connectivity index is -0.000000506. The Morgan fingerprint density at radius 2 is 0.583 bits per heavy atom. The normalized spacial score (nSPS) is 11.3. The van der Waals surface area contributed by atoms with E-state index in [1.54, 1.807) is 0 Å². The van der Waals surface area contributed by atoms with E-state index < -0.39 is 23.9 Å². The molecule has 0 aliphatic heterocycles. The molecule has 0 saturated heterocycles. The average molecular weight is 883 g/mol. The first-order chi connectivity index (χ1) is 27.9. The van der Waals surface area contributed by atoms with Crippen LogP contribution in [0.25, 0.3) is 0 Å². The summed E-state index contributed by atoms with van der Waals surface area (Å²) in [5.74, 6) is -3.56. The zero-order valence-electron chi connectivity index (χ0n) is 37.1. The SMILES string of the molecule is CCCCCCCCCCCCNCC[N+](CCO)(CCC(=O)O)CCC(=O)O.CCCCCCCCCCCCNCC[N+](CCO)(CCC(=O)O)CCC(=O)O.[NaH].[NaH]. The van der Waals surface area contributed by atoms with E-state index in [2.05, 4.69) is 24.5 Å². The summed E-state index contributed by atoms with van der Waals surface area (Å²) in [5.41, 5.74) is 0. The molecular weight excluding hydrogens is 790 g/mol. The van der Waals surface area contributed by atoms with Crippen LogP contribution in [0.5, 0.6) is 0 Å². The average Bonchev–Trinajstić information content (AvgIpc) is 3.18. The van der Waals surface area contributed by atoms with Gasteiger partial charge < -0.3 is 50.2 Å². The van der Waals surface area contributed by atoms with Crippen molar-refractivity contribution in [3.8, 4) is 0 Å². The number of carbonyl (C=O) groups is 4. The van der Waals surface area contributed by atoms with Crippen LogP contribution in [0.2, 0.25) is 0 Å². The zero-order valence-corrected chi connectivity index (χ0v) is 37.1. The van der Waals surface area contributed by atoms with Crippen LogP contribution in [0.3, 0.4) is 0 Å². The predicted molar refractivity (Wildman–Crippen MR) is 246 cm³/mol. The third kappa shape index (κ3) is 45.7. The Morgan fingerprint density at radius 3 is 0.800 bits per heavy atom. The predicted octanol–water partition coefficient (Wildman–Crippen LogP) is 5.21. The Labute approximate surface area is 409 Å². The standard InChI is InChI=1S/2C22H44N2O5.2Na.2H/c2*1-2-3-4-5-6-7-8-9-10-11-14-23-15-18-24(19-20-25,16-12-21(26)27)17-13-22(28)29;;;;/h2*23,25H,2-20H2,1H3,(H-,26,27,28,29);;;;/p+2. The molecule has 0 aliphatic rings. The number of aliphatic hydroxyl groups is 2. The molecule has 0 aromatic rings. The minimum absolute atomic E-state index is 0. The second-order valence-corrected chi connectivity index (χ2v) is 16.4. The molecule has 14 nitrogen and oxygen atoms in total. The van der Waals surface area contributed by atoms with Gasteiger partial charge in [-0.25, -0.2) is 0 Å². The third-order valence-electron chi connectivity index (χ3n) is 11.3. The van der Waals surface area contributed by atoms with E-state index in [0.29, 0.717) is 74.4 Å². The van der Waals surface area contributed by atoms with Crippen LogP contribution in [0.4, 0.5) is 0 Å². The molecule has 0 aromatic heterocycles. The summed E-state index contributed by atoms with van der Waals surface area (Å²) in [6.45, 7) is 11.1. The van der Waals surface area contributed by atoms with Gasteiger partial charge in [0.1, 0.15) is 13.1 Å². The van der Waals surface area contributed by atoms with Crippen LogP contribution in [0, 0.1) is 0 Å². The molecule has 0 saturated carbocycles. The summed E-state index contributed by atoms with van der Waals surface area (Å²) in [4.78, 5) is 43.9. The number of nitrogens with one attached hydrogen (secondary N) is 2. The topological polar surface area (TPSA) is 214 Å². The van der Waals surface area contributed by atoms with E-state index >= 15 is 0 Å². The zero-order chi connectivity index (χ0) is 43.6. The molecular formula is C44H92N4Na2O10+2. The van der Waals surface area contributed by atoms with Gasteiger partial charge in [-0.3, -0.25) is 19.2 Å². The number of hydrogen-bond acceptors (Lipinski definition) is 8. The van der Waals surface area contributed by atoms with E-state index in [9.17, 15) is 29.4 Å². The second-order valence-electron chi connectivity index (χ2n) is 16.4. The molecule has 16 heteroatoms. The summed E-state index contributed by atoms with van der Waals surface area (Å²) in [6, 6.07) is 0. The number of rotatable bonds is 44. The first kappa shape index (κ1) is 66.2. The summed E-state index contributed by atoms with van der Waals surface area (Å²) >= 11 is 0. The van der Waals surface area contributed by atoms with Crippen LogP contribution in [0.15, 0.2) is 0 Å². The fraction of sp³-hybridized carbons (Fsp3) is 0.909. The molecule has 0 aliphatic carbocycles. The van der Waals surface area contributed by atoms with E-state index in [-0.39, 0.29) is 98.0 Å². The molecule has 0 amide bonds. The Morgan fingerprint density at radius 1 is 0.350 bits per heavy atom. The van der Waals surface area contributed by atoms with Crippen molar-refractivity contribution in [2.75, 3.05) is 91.8 Å². The van der Waals surface area contributed by atoms with Gasteiger partial charge in [0, 0.05) is 13.1 Å². The second kappa shape index (κ2) is 48.1. The van der Waals surface area contributed by atoms with Crippen LogP contribution >= 0.6 is 0 Å². The van der Waals surface area contributed by atoms with Crippen molar-refractivity contribution in [2.24, 2.45) is 0 Å². The third-order valence-corrected chi connectivity index (χ3v) is 11.3. The molecule has 0 atom stereocenters. The molecule has 0 radical (unpaired) electrons. The van der Waals surface area contributed by atoms with Crippen LogP contribution < -0.4 is 10.6 Å². The fourth-order valence-electron chi connectivity index (χ4n) is 7.45. The summed E-state index contributed by atoms with van der Waals surface area (Å²) in [7, 11) is 0. The maximum atomic E-state index is 11.0. The maximum absolute atomic E-state index is 11.0. The summed E-state index contributed by atoms with van der Waals surface area (Å²) in [6.07, 6.45) is 26.0. The number of nitrogens with zero attached hydrogens (tertiary/aromatic N) is 2. The Hall–Kier alpha value is -0.360. The molecule has 60 heavy (non-hydrogen) atoms. The van der Waals surface area contributed by atoms with Crippen molar-refractivity contribution in [2.45, 2.75) is 168 Å². The first-order valence-corrected chi connectivity index (χ1v) is 23.1. The van der Waals surface area contributed by atoms with E-state index in [4.69, 9.17) is 20.4 Å². The monoisotopic (exact) mass is 883 g/mol. The van der Waals surface area contributed by atoms with Gasteiger partial charge in [-0.1, -0.05) is 129 Å². The van der Waals surface area contributed by atoms with Gasteiger partial charge in [0.05, 0.1) is 78.2 Å². The quantitative estimate of drug-likeness (QED) is 0.0225. The van der Waals surface area contributed by atoms with Gasteiger partial charge in [0.2, 0.25) is 0 Å². The van der Waals surface area contributed by atoms with Crippen LogP contribution in [-0.4, -0.2) is 214 Å². The van der Waals surface area contributed by atoms with Crippen molar-refractivity contribution < 1.29 is 58.8 Å². The van der Waals surface area contributed by atoms with Gasteiger partial charge in [0.15, 0.2) is 0 Å². The number of quaternary nitrogens is 2. The number of unbranched alkanes of at least 4 members (excludes halogenated alkanes) is 18.